The van der Waals surface area contributed by atoms with E-state index in [9.17, 15) is 4.79 Å². The number of carbonyl (C=O) groups is 1. The van der Waals surface area contributed by atoms with Gasteiger partial charge in [0, 0.05) is 36.1 Å². The molecule has 0 unspecified atom stereocenters. The van der Waals surface area contributed by atoms with Crippen molar-refractivity contribution >= 4 is 6.09 Å². The Bertz CT molecular complexity index is 707. The molecule has 0 aliphatic carbocycles. The van der Waals surface area contributed by atoms with E-state index in [0.29, 0.717) is 13.1 Å². The normalized spacial score (nSPS) is 13.1. The second-order valence-electron chi connectivity index (χ2n) is 4.92. The first-order valence-corrected chi connectivity index (χ1v) is 6.85. The first-order chi connectivity index (χ1) is 10.3. The van der Waals surface area contributed by atoms with Gasteiger partial charge in [-0.3, -0.25) is 0 Å². The van der Waals surface area contributed by atoms with Gasteiger partial charge >= 0.3 is 6.09 Å². The van der Waals surface area contributed by atoms with E-state index in [1.165, 1.54) is 7.11 Å². The van der Waals surface area contributed by atoms with Gasteiger partial charge in [0.25, 0.3) is 0 Å². The van der Waals surface area contributed by atoms with E-state index >= 15 is 0 Å². The highest BCUT2D eigenvalue weighted by Gasteiger charge is 2.21. The van der Waals surface area contributed by atoms with Gasteiger partial charge in [-0.25, -0.2) is 4.79 Å². The molecule has 2 heterocycles. The Morgan fingerprint density at radius 2 is 1.90 bits per heavy atom. The lowest BCUT2D eigenvalue weighted by Gasteiger charge is -2.27. The molecular formula is C17H16N2O2. The number of rotatable bonds is 0. The molecule has 0 radical (unpaired) electrons. The highest BCUT2D eigenvalue weighted by atomic mass is 16.5. The van der Waals surface area contributed by atoms with Gasteiger partial charge in [-0.2, -0.15) is 0 Å². The van der Waals surface area contributed by atoms with Gasteiger partial charge in [0.1, 0.15) is 0 Å². The van der Waals surface area contributed by atoms with Crippen LogP contribution in [0.3, 0.4) is 0 Å². The summed E-state index contributed by atoms with van der Waals surface area (Å²) in [5.41, 5.74) is 3.06. The number of nitrogens with zero attached hydrogens (tertiary/aromatic N) is 2. The average molecular weight is 280 g/mol. The number of amides is 1. The van der Waals surface area contributed by atoms with Crippen LogP contribution < -0.4 is 0 Å². The standard InChI is InChI=1S/C17H16N2O2/c1-21-17(20)19-10-9-18-12-15(11-16(18)13-19)8-7-14-5-3-2-4-6-14/h2-6,11-12H,9-10,13H2,1H3. The zero-order chi connectivity index (χ0) is 14.7. The molecule has 1 aliphatic rings. The minimum Gasteiger partial charge on any atom is -0.453 e. The third kappa shape index (κ3) is 2.92. The summed E-state index contributed by atoms with van der Waals surface area (Å²) in [5, 5.41) is 0. The highest BCUT2D eigenvalue weighted by molar-refractivity contribution is 5.67. The maximum absolute atomic E-state index is 11.6. The summed E-state index contributed by atoms with van der Waals surface area (Å²) in [6.45, 7) is 2.01. The number of carbonyl (C=O) groups excluding carboxylic acids is 1. The Balaban J connectivity index is 1.78. The lowest BCUT2D eigenvalue weighted by atomic mass is 10.2. The third-order valence-electron chi connectivity index (χ3n) is 3.51. The molecule has 0 bridgehead atoms. The number of hydrogen-bond donors (Lipinski definition) is 0. The molecule has 2 aromatic rings. The summed E-state index contributed by atoms with van der Waals surface area (Å²) in [6.07, 6.45) is 1.76. The zero-order valence-electron chi connectivity index (χ0n) is 11.9. The van der Waals surface area contributed by atoms with E-state index in [-0.39, 0.29) is 6.09 Å². The summed E-state index contributed by atoms with van der Waals surface area (Å²) >= 11 is 0. The van der Waals surface area contributed by atoms with Crippen molar-refractivity contribution in [3.05, 3.63) is 59.4 Å². The van der Waals surface area contributed by atoms with Gasteiger partial charge < -0.3 is 14.2 Å². The Morgan fingerprint density at radius 1 is 1.14 bits per heavy atom. The van der Waals surface area contributed by atoms with Crippen molar-refractivity contribution in [2.45, 2.75) is 13.1 Å². The van der Waals surface area contributed by atoms with Crippen LogP contribution in [0.4, 0.5) is 4.79 Å². The van der Waals surface area contributed by atoms with Crippen LogP contribution in [0.25, 0.3) is 0 Å². The minimum atomic E-state index is -0.278. The van der Waals surface area contributed by atoms with Crippen LogP contribution in [0.2, 0.25) is 0 Å². The van der Waals surface area contributed by atoms with E-state index in [1.807, 2.05) is 42.6 Å². The van der Waals surface area contributed by atoms with Gasteiger partial charge in [-0.1, -0.05) is 30.0 Å². The molecule has 0 saturated heterocycles. The van der Waals surface area contributed by atoms with Gasteiger partial charge in [-0.15, -0.1) is 0 Å². The second kappa shape index (κ2) is 5.76. The van der Waals surface area contributed by atoms with Crippen LogP contribution in [0.1, 0.15) is 16.8 Å². The van der Waals surface area contributed by atoms with Gasteiger partial charge in [0.05, 0.1) is 13.7 Å². The maximum Gasteiger partial charge on any atom is 0.409 e. The molecule has 0 N–H and O–H groups in total. The van der Waals surface area contributed by atoms with Crippen LogP contribution in [0.15, 0.2) is 42.6 Å². The molecule has 21 heavy (non-hydrogen) atoms. The lowest BCUT2D eigenvalue weighted by Crippen LogP contribution is -2.37. The monoisotopic (exact) mass is 280 g/mol. The molecule has 1 aromatic heterocycles. The number of aromatic nitrogens is 1. The number of ether oxygens (including phenoxy) is 1. The van der Waals surface area contributed by atoms with Crippen molar-refractivity contribution in [2.24, 2.45) is 0 Å². The lowest BCUT2D eigenvalue weighted by molar-refractivity contribution is 0.112. The molecule has 0 saturated carbocycles. The highest BCUT2D eigenvalue weighted by Crippen LogP contribution is 2.16. The van der Waals surface area contributed by atoms with Crippen molar-refractivity contribution in [2.75, 3.05) is 13.7 Å². The predicted octanol–water partition coefficient (Wildman–Crippen LogP) is 2.47. The molecule has 0 spiro atoms. The molecule has 0 fully saturated rings. The van der Waals surface area contributed by atoms with E-state index in [2.05, 4.69) is 16.4 Å². The Morgan fingerprint density at radius 3 is 2.67 bits per heavy atom. The summed E-state index contributed by atoms with van der Waals surface area (Å²) in [7, 11) is 1.41. The van der Waals surface area contributed by atoms with E-state index in [0.717, 1.165) is 23.4 Å². The number of fused-ring (bicyclic) bond motifs is 1. The van der Waals surface area contributed by atoms with Crippen molar-refractivity contribution in [1.82, 2.24) is 9.47 Å². The summed E-state index contributed by atoms with van der Waals surface area (Å²) < 4.78 is 6.91. The molecule has 1 aromatic carbocycles. The van der Waals surface area contributed by atoms with E-state index < -0.39 is 0 Å². The molecule has 1 aliphatic heterocycles. The first-order valence-electron chi connectivity index (χ1n) is 6.85. The van der Waals surface area contributed by atoms with Crippen molar-refractivity contribution in [1.29, 1.82) is 0 Å². The van der Waals surface area contributed by atoms with Crippen molar-refractivity contribution in [3.8, 4) is 11.8 Å². The fourth-order valence-corrected chi connectivity index (χ4v) is 2.42. The number of hydrogen-bond acceptors (Lipinski definition) is 2. The summed E-state index contributed by atoms with van der Waals surface area (Å²) in [5.74, 6) is 6.32. The van der Waals surface area contributed by atoms with E-state index in [1.54, 1.807) is 4.90 Å². The topological polar surface area (TPSA) is 34.5 Å². The van der Waals surface area contributed by atoms with Crippen molar-refractivity contribution < 1.29 is 9.53 Å². The second-order valence-corrected chi connectivity index (χ2v) is 4.92. The van der Waals surface area contributed by atoms with Gasteiger partial charge in [0.2, 0.25) is 0 Å². The maximum atomic E-state index is 11.6. The van der Waals surface area contributed by atoms with Crippen LogP contribution in [0.5, 0.6) is 0 Å². The molecule has 4 heteroatoms. The van der Waals surface area contributed by atoms with Gasteiger partial charge in [0.15, 0.2) is 0 Å². The number of methoxy groups -OCH3 is 1. The Kier molecular flexibility index (Phi) is 3.65. The fourth-order valence-electron chi connectivity index (χ4n) is 2.42. The smallest absolute Gasteiger partial charge is 0.409 e. The fraction of sp³-hybridized carbons (Fsp3) is 0.235. The van der Waals surface area contributed by atoms with Crippen LogP contribution in [-0.2, 0) is 17.8 Å². The Labute approximate surface area is 123 Å². The van der Waals surface area contributed by atoms with Crippen molar-refractivity contribution in [3.63, 3.8) is 0 Å². The molecule has 106 valence electrons. The SMILES string of the molecule is COC(=O)N1CCn2cc(C#Cc3ccccc3)cc2C1. The molecule has 1 amide bonds. The molecule has 0 atom stereocenters. The zero-order valence-corrected chi connectivity index (χ0v) is 11.9. The average Bonchev–Trinajstić information content (AvgIpc) is 2.95. The third-order valence-corrected chi connectivity index (χ3v) is 3.51. The largest absolute Gasteiger partial charge is 0.453 e. The minimum absolute atomic E-state index is 0.278. The number of benzene rings is 1. The molecular weight excluding hydrogens is 264 g/mol. The first kappa shape index (κ1) is 13.3. The van der Waals surface area contributed by atoms with E-state index in [4.69, 9.17) is 4.74 Å². The van der Waals surface area contributed by atoms with Crippen LogP contribution in [-0.4, -0.2) is 29.2 Å². The molecule has 4 nitrogen and oxygen atoms in total. The van der Waals surface area contributed by atoms with Crippen LogP contribution >= 0.6 is 0 Å². The van der Waals surface area contributed by atoms with Crippen LogP contribution in [0, 0.1) is 11.8 Å². The molecule has 3 rings (SSSR count). The predicted molar refractivity (Wildman–Crippen MR) is 79.7 cm³/mol. The van der Waals surface area contributed by atoms with Gasteiger partial charge in [-0.05, 0) is 18.2 Å². The quantitative estimate of drug-likeness (QED) is 0.695. The Hall–Kier alpha value is -2.67. The summed E-state index contributed by atoms with van der Waals surface area (Å²) in [6, 6.07) is 11.9. The summed E-state index contributed by atoms with van der Waals surface area (Å²) in [4.78, 5) is 13.3.